The number of carbonyl (C=O) groups excluding carboxylic acids is 1. The summed E-state index contributed by atoms with van der Waals surface area (Å²) in [5, 5.41) is 10.7. The first kappa shape index (κ1) is 15.2. The average molecular weight is 293 g/mol. The van der Waals surface area contributed by atoms with E-state index < -0.39 is 4.92 Å². The topological polar surface area (TPSA) is 98.7 Å². The van der Waals surface area contributed by atoms with Gasteiger partial charge < -0.3 is 10.5 Å². The molecule has 1 aliphatic heterocycles. The Balaban J connectivity index is 1.87. The van der Waals surface area contributed by atoms with Gasteiger partial charge in [0.2, 0.25) is 5.91 Å². The molecule has 1 aromatic carbocycles. The Morgan fingerprint density at radius 2 is 2.29 bits per heavy atom. The van der Waals surface area contributed by atoms with Crippen LogP contribution in [0.1, 0.15) is 19.3 Å². The number of primary amides is 1. The lowest BCUT2D eigenvalue weighted by molar-refractivity contribution is -0.384. The van der Waals surface area contributed by atoms with Crippen molar-refractivity contribution in [3.8, 4) is 5.75 Å². The summed E-state index contributed by atoms with van der Waals surface area (Å²) in [6.45, 7) is 1.77. The number of nitro benzene ring substituents is 1. The standard InChI is InChI=1S/C14H19N3O4/c15-14(18)13-6-1-2-7-16(13)8-9-21-12-5-3-4-11(10-12)17(19)20/h3-5,10,13H,1-2,6-9H2,(H2,15,18). The Hall–Kier alpha value is -2.15. The van der Waals surface area contributed by atoms with Gasteiger partial charge in [-0.1, -0.05) is 12.5 Å². The monoisotopic (exact) mass is 293 g/mol. The second-order valence-electron chi connectivity index (χ2n) is 5.05. The maximum atomic E-state index is 11.4. The number of rotatable bonds is 6. The van der Waals surface area contributed by atoms with Crippen molar-refractivity contribution < 1.29 is 14.5 Å². The predicted octanol–water partition coefficient (Wildman–Crippen LogP) is 1.31. The number of piperidine rings is 1. The van der Waals surface area contributed by atoms with E-state index in [0.717, 1.165) is 25.8 Å². The van der Waals surface area contributed by atoms with Crippen LogP contribution in [0.4, 0.5) is 5.69 Å². The molecule has 0 saturated carbocycles. The zero-order chi connectivity index (χ0) is 15.2. The number of nitrogens with two attached hydrogens (primary N) is 1. The van der Waals surface area contributed by atoms with Crippen LogP contribution < -0.4 is 10.5 Å². The summed E-state index contributed by atoms with van der Waals surface area (Å²) in [4.78, 5) is 23.6. The lowest BCUT2D eigenvalue weighted by Gasteiger charge is -2.33. The number of nitrogens with zero attached hydrogens (tertiary/aromatic N) is 2. The van der Waals surface area contributed by atoms with Crippen LogP contribution in [0.3, 0.4) is 0 Å². The van der Waals surface area contributed by atoms with Gasteiger partial charge in [0.15, 0.2) is 0 Å². The molecule has 0 aliphatic carbocycles. The van der Waals surface area contributed by atoms with Crippen molar-refractivity contribution in [3.63, 3.8) is 0 Å². The Kier molecular flexibility index (Phi) is 5.10. The van der Waals surface area contributed by atoms with Crippen LogP contribution in [0, 0.1) is 10.1 Å². The largest absolute Gasteiger partial charge is 0.492 e. The predicted molar refractivity (Wildman–Crippen MR) is 77.0 cm³/mol. The highest BCUT2D eigenvalue weighted by molar-refractivity contribution is 5.79. The van der Waals surface area contributed by atoms with Crippen molar-refractivity contribution in [1.29, 1.82) is 0 Å². The maximum absolute atomic E-state index is 11.4. The van der Waals surface area contributed by atoms with E-state index in [2.05, 4.69) is 0 Å². The Labute approximate surface area is 122 Å². The molecule has 0 bridgehead atoms. The van der Waals surface area contributed by atoms with E-state index in [4.69, 9.17) is 10.5 Å². The van der Waals surface area contributed by atoms with Gasteiger partial charge in [0.25, 0.3) is 5.69 Å². The van der Waals surface area contributed by atoms with Gasteiger partial charge in [-0.2, -0.15) is 0 Å². The molecule has 7 nitrogen and oxygen atoms in total. The SMILES string of the molecule is NC(=O)C1CCCCN1CCOc1cccc([N+](=O)[O-])c1. The van der Waals surface area contributed by atoms with Crippen LogP contribution in [0.5, 0.6) is 5.75 Å². The summed E-state index contributed by atoms with van der Waals surface area (Å²) in [6, 6.07) is 5.84. The fraction of sp³-hybridized carbons (Fsp3) is 0.500. The second kappa shape index (κ2) is 7.03. The molecular formula is C14H19N3O4. The van der Waals surface area contributed by atoms with Gasteiger partial charge in [-0.15, -0.1) is 0 Å². The van der Waals surface area contributed by atoms with Crippen LogP contribution in [0.2, 0.25) is 0 Å². The third-order valence-electron chi connectivity index (χ3n) is 3.62. The summed E-state index contributed by atoms with van der Waals surface area (Å²) < 4.78 is 5.53. The highest BCUT2D eigenvalue weighted by atomic mass is 16.6. The normalized spacial score (nSPS) is 19.1. The number of amides is 1. The minimum Gasteiger partial charge on any atom is -0.492 e. The molecule has 1 atom stereocenters. The summed E-state index contributed by atoms with van der Waals surface area (Å²) in [5.74, 6) is 0.155. The molecule has 0 radical (unpaired) electrons. The first-order valence-electron chi connectivity index (χ1n) is 6.98. The maximum Gasteiger partial charge on any atom is 0.273 e. The molecule has 1 aromatic rings. The van der Waals surface area contributed by atoms with E-state index in [1.54, 1.807) is 12.1 Å². The minimum absolute atomic E-state index is 0.000449. The van der Waals surface area contributed by atoms with Gasteiger partial charge in [-0.3, -0.25) is 19.8 Å². The van der Waals surface area contributed by atoms with Crippen molar-refractivity contribution >= 4 is 11.6 Å². The van der Waals surface area contributed by atoms with E-state index in [1.807, 2.05) is 4.90 Å². The molecule has 7 heteroatoms. The van der Waals surface area contributed by atoms with Crippen molar-refractivity contribution in [2.45, 2.75) is 25.3 Å². The van der Waals surface area contributed by atoms with Crippen molar-refractivity contribution in [3.05, 3.63) is 34.4 Å². The van der Waals surface area contributed by atoms with Crippen LogP contribution in [-0.2, 0) is 4.79 Å². The quantitative estimate of drug-likeness (QED) is 0.630. The summed E-state index contributed by atoms with van der Waals surface area (Å²) in [7, 11) is 0. The molecule has 1 heterocycles. The fourth-order valence-corrected chi connectivity index (χ4v) is 2.55. The molecular weight excluding hydrogens is 274 g/mol. The van der Waals surface area contributed by atoms with Gasteiger partial charge >= 0.3 is 0 Å². The lowest BCUT2D eigenvalue weighted by Crippen LogP contribution is -2.48. The van der Waals surface area contributed by atoms with Gasteiger partial charge in [-0.25, -0.2) is 0 Å². The Morgan fingerprint density at radius 1 is 1.48 bits per heavy atom. The molecule has 114 valence electrons. The second-order valence-corrected chi connectivity index (χ2v) is 5.05. The van der Waals surface area contributed by atoms with Crippen molar-refractivity contribution in [1.82, 2.24) is 4.90 Å². The lowest BCUT2D eigenvalue weighted by atomic mass is 10.0. The van der Waals surface area contributed by atoms with E-state index in [-0.39, 0.29) is 17.6 Å². The Bertz CT molecular complexity index is 521. The molecule has 1 aliphatic rings. The van der Waals surface area contributed by atoms with E-state index in [1.165, 1.54) is 12.1 Å². The molecule has 2 rings (SSSR count). The first-order valence-corrected chi connectivity index (χ1v) is 6.98. The molecule has 1 amide bonds. The highest BCUT2D eigenvalue weighted by Gasteiger charge is 2.26. The average Bonchev–Trinajstić information content (AvgIpc) is 2.48. The van der Waals surface area contributed by atoms with Crippen LogP contribution in [0.15, 0.2) is 24.3 Å². The summed E-state index contributed by atoms with van der Waals surface area (Å²) in [6.07, 6.45) is 2.84. The number of likely N-dealkylation sites (tertiary alicyclic amines) is 1. The smallest absolute Gasteiger partial charge is 0.273 e. The minimum atomic E-state index is -0.458. The molecule has 1 saturated heterocycles. The molecule has 1 unspecified atom stereocenters. The van der Waals surface area contributed by atoms with E-state index in [9.17, 15) is 14.9 Å². The van der Waals surface area contributed by atoms with Crippen LogP contribution >= 0.6 is 0 Å². The third kappa shape index (κ3) is 4.16. The zero-order valence-corrected chi connectivity index (χ0v) is 11.7. The van der Waals surface area contributed by atoms with Crippen LogP contribution in [0.25, 0.3) is 0 Å². The molecule has 21 heavy (non-hydrogen) atoms. The first-order chi connectivity index (χ1) is 10.1. The van der Waals surface area contributed by atoms with Gasteiger partial charge in [0, 0.05) is 12.6 Å². The van der Waals surface area contributed by atoms with Gasteiger partial charge in [0.05, 0.1) is 17.0 Å². The molecule has 0 aromatic heterocycles. The molecule has 1 fully saturated rings. The fourth-order valence-electron chi connectivity index (χ4n) is 2.55. The number of non-ortho nitro benzene ring substituents is 1. The molecule has 0 spiro atoms. The Morgan fingerprint density at radius 3 is 3.00 bits per heavy atom. The number of benzene rings is 1. The van der Waals surface area contributed by atoms with E-state index in [0.29, 0.717) is 18.9 Å². The number of carbonyl (C=O) groups is 1. The number of hydrogen-bond donors (Lipinski definition) is 1. The summed E-state index contributed by atoms with van der Waals surface area (Å²) in [5.41, 5.74) is 5.40. The zero-order valence-electron chi connectivity index (χ0n) is 11.7. The van der Waals surface area contributed by atoms with Crippen LogP contribution in [-0.4, -0.2) is 41.5 Å². The molecule has 2 N–H and O–H groups in total. The van der Waals surface area contributed by atoms with Gasteiger partial charge in [-0.05, 0) is 25.5 Å². The van der Waals surface area contributed by atoms with Crippen molar-refractivity contribution in [2.24, 2.45) is 5.73 Å². The highest BCUT2D eigenvalue weighted by Crippen LogP contribution is 2.20. The van der Waals surface area contributed by atoms with Crippen molar-refractivity contribution in [2.75, 3.05) is 19.7 Å². The van der Waals surface area contributed by atoms with Gasteiger partial charge in [0.1, 0.15) is 12.4 Å². The number of ether oxygens (including phenoxy) is 1. The number of hydrogen-bond acceptors (Lipinski definition) is 5. The third-order valence-corrected chi connectivity index (χ3v) is 3.62. The van der Waals surface area contributed by atoms with E-state index >= 15 is 0 Å². The summed E-state index contributed by atoms with van der Waals surface area (Å²) >= 11 is 0. The number of nitro groups is 1.